The van der Waals surface area contributed by atoms with Gasteiger partial charge in [-0.15, -0.1) is 11.3 Å². The molecule has 39 heavy (non-hydrogen) atoms. The summed E-state index contributed by atoms with van der Waals surface area (Å²) < 4.78 is 6.33. The number of β-amino-alcohol motifs (C(OH)–C–C–N with tert-alkyl or cyclic N) is 1. The number of rotatable bonds is 9. The van der Waals surface area contributed by atoms with E-state index in [4.69, 9.17) is 9.72 Å². The number of piperidine rings is 1. The van der Waals surface area contributed by atoms with Gasteiger partial charge < -0.3 is 20.1 Å². The number of benzene rings is 2. The van der Waals surface area contributed by atoms with Crippen LogP contribution in [0.15, 0.2) is 36.4 Å². The molecule has 2 N–H and O–H groups in total. The van der Waals surface area contributed by atoms with E-state index in [9.17, 15) is 5.11 Å². The summed E-state index contributed by atoms with van der Waals surface area (Å²) in [7, 11) is 0. The Bertz CT molecular complexity index is 1290. The van der Waals surface area contributed by atoms with Crippen LogP contribution in [0.3, 0.4) is 0 Å². The van der Waals surface area contributed by atoms with Gasteiger partial charge in [0, 0.05) is 56.1 Å². The average molecular weight is 547 g/mol. The van der Waals surface area contributed by atoms with Gasteiger partial charge in [-0.3, -0.25) is 4.90 Å². The van der Waals surface area contributed by atoms with E-state index in [0.29, 0.717) is 5.41 Å². The van der Waals surface area contributed by atoms with Crippen LogP contribution in [0.25, 0.3) is 21.7 Å². The number of hydrogen-bond donors (Lipinski definition) is 2. The highest BCUT2D eigenvalue weighted by Gasteiger charge is 2.39. The number of ether oxygens (including phenoxy) is 1. The standard InChI is InChI=1S/C32H42N4O2S/c1-23-25(6-3-8-27(23)31-34-28-10-14-36(17-18-37)20-30(28)39-31)26-7-4-9-29(24(26)2)38-19-5-13-35-15-11-32(12-16-35)21-33-22-32/h3-4,6-9,33,37H,5,10-22H2,1-2H3. The van der Waals surface area contributed by atoms with Crippen molar-refractivity contribution >= 4 is 11.3 Å². The highest BCUT2D eigenvalue weighted by Crippen LogP contribution is 2.39. The highest BCUT2D eigenvalue weighted by molar-refractivity contribution is 7.15. The van der Waals surface area contributed by atoms with E-state index in [2.05, 4.69) is 65.4 Å². The predicted molar refractivity (Wildman–Crippen MR) is 160 cm³/mol. The maximum Gasteiger partial charge on any atom is 0.124 e. The van der Waals surface area contributed by atoms with Crippen molar-refractivity contribution in [3.8, 4) is 27.4 Å². The van der Waals surface area contributed by atoms with Crippen LogP contribution in [0.2, 0.25) is 0 Å². The fraction of sp³-hybridized carbons (Fsp3) is 0.531. The summed E-state index contributed by atoms with van der Waals surface area (Å²) in [6.07, 6.45) is 4.70. The zero-order valence-electron chi connectivity index (χ0n) is 23.5. The highest BCUT2D eigenvalue weighted by atomic mass is 32.1. The van der Waals surface area contributed by atoms with Crippen molar-refractivity contribution in [2.45, 2.75) is 46.1 Å². The molecule has 0 radical (unpaired) electrons. The number of hydrogen-bond acceptors (Lipinski definition) is 7. The SMILES string of the molecule is Cc1c(OCCCN2CCC3(CC2)CNC3)cccc1-c1cccc(-c2nc3c(s2)CN(CCO)CC3)c1C. The summed E-state index contributed by atoms with van der Waals surface area (Å²) in [4.78, 5) is 11.3. The van der Waals surface area contributed by atoms with Gasteiger partial charge in [0.05, 0.1) is 18.9 Å². The molecule has 1 aromatic heterocycles. The molecule has 7 heteroatoms. The second-order valence-corrected chi connectivity index (χ2v) is 12.8. The quantitative estimate of drug-likeness (QED) is 0.373. The predicted octanol–water partition coefficient (Wildman–Crippen LogP) is 4.90. The second kappa shape index (κ2) is 11.7. The number of thiazole rings is 1. The summed E-state index contributed by atoms with van der Waals surface area (Å²) in [6, 6.07) is 13.0. The van der Waals surface area contributed by atoms with E-state index < -0.39 is 0 Å². The number of likely N-dealkylation sites (tertiary alicyclic amines) is 1. The Hall–Kier alpha value is -2.29. The second-order valence-electron chi connectivity index (χ2n) is 11.7. The van der Waals surface area contributed by atoms with Crippen molar-refractivity contribution in [2.24, 2.45) is 5.41 Å². The van der Waals surface area contributed by atoms with E-state index >= 15 is 0 Å². The summed E-state index contributed by atoms with van der Waals surface area (Å²) in [6.45, 7) is 14.0. The third-order valence-electron chi connectivity index (χ3n) is 9.16. The molecule has 4 heterocycles. The van der Waals surface area contributed by atoms with Crippen LogP contribution in [-0.2, 0) is 13.0 Å². The van der Waals surface area contributed by atoms with Crippen molar-refractivity contribution in [3.63, 3.8) is 0 Å². The van der Waals surface area contributed by atoms with Crippen LogP contribution in [0, 0.1) is 19.3 Å². The minimum absolute atomic E-state index is 0.210. The van der Waals surface area contributed by atoms with Gasteiger partial charge in [0.1, 0.15) is 10.8 Å². The molecule has 0 atom stereocenters. The van der Waals surface area contributed by atoms with Gasteiger partial charge >= 0.3 is 0 Å². The molecule has 3 aromatic rings. The maximum atomic E-state index is 9.34. The molecule has 2 fully saturated rings. The number of nitrogens with one attached hydrogen (secondary N) is 1. The van der Waals surface area contributed by atoms with Crippen LogP contribution < -0.4 is 10.1 Å². The summed E-state index contributed by atoms with van der Waals surface area (Å²) >= 11 is 1.81. The number of aromatic nitrogens is 1. The van der Waals surface area contributed by atoms with Crippen LogP contribution in [-0.4, -0.2) is 78.9 Å². The van der Waals surface area contributed by atoms with Gasteiger partial charge in [-0.25, -0.2) is 4.98 Å². The minimum Gasteiger partial charge on any atom is -0.493 e. The molecular formula is C32H42N4O2S. The van der Waals surface area contributed by atoms with E-state index in [-0.39, 0.29) is 6.61 Å². The molecular weight excluding hydrogens is 504 g/mol. The molecule has 0 bridgehead atoms. The molecule has 0 aliphatic carbocycles. The van der Waals surface area contributed by atoms with Crippen molar-refractivity contribution in [1.82, 2.24) is 20.1 Å². The van der Waals surface area contributed by atoms with Crippen molar-refractivity contribution < 1.29 is 9.84 Å². The molecule has 3 aliphatic heterocycles. The summed E-state index contributed by atoms with van der Waals surface area (Å²) in [5.41, 5.74) is 8.00. The van der Waals surface area contributed by atoms with E-state index in [0.717, 1.165) is 56.4 Å². The Morgan fingerprint density at radius 2 is 1.69 bits per heavy atom. The Morgan fingerprint density at radius 1 is 0.949 bits per heavy atom. The average Bonchev–Trinajstić information content (AvgIpc) is 3.35. The first-order valence-electron chi connectivity index (χ1n) is 14.6. The van der Waals surface area contributed by atoms with Crippen molar-refractivity contribution in [1.29, 1.82) is 0 Å². The third-order valence-corrected chi connectivity index (χ3v) is 10.3. The molecule has 2 saturated heterocycles. The van der Waals surface area contributed by atoms with Gasteiger partial charge in [0.15, 0.2) is 0 Å². The number of nitrogens with zero attached hydrogens (tertiary/aromatic N) is 3. The Labute approximate surface area is 237 Å². The maximum absolute atomic E-state index is 9.34. The third kappa shape index (κ3) is 5.66. The molecule has 1 spiro atoms. The Morgan fingerprint density at radius 3 is 2.44 bits per heavy atom. The molecule has 6 nitrogen and oxygen atoms in total. The molecule has 208 valence electrons. The van der Waals surface area contributed by atoms with Crippen LogP contribution in [0.5, 0.6) is 5.75 Å². The molecule has 6 rings (SSSR count). The number of fused-ring (bicyclic) bond motifs is 1. The van der Waals surface area contributed by atoms with Gasteiger partial charge in [-0.2, -0.15) is 0 Å². The van der Waals surface area contributed by atoms with Crippen molar-refractivity contribution in [3.05, 3.63) is 58.1 Å². The van der Waals surface area contributed by atoms with Crippen LogP contribution in [0.4, 0.5) is 0 Å². The number of aliphatic hydroxyl groups is 1. The Kier molecular flexibility index (Phi) is 8.05. The van der Waals surface area contributed by atoms with Crippen LogP contribution in [0.1, 0.15) is 41.0 Å². The largest absolute Gasteiger partial charge is 0.493 e. The monoisotopic (exact) mass is 546 g/mol. The fourth-order valence-corrected chi connectivity index (χ4v) is 7.70. The summed E-state index contributed by atoms with van der Waals surface area (Å²) in [5.74, 6) is 0.990. The molecule has 0 amide bonds. The van der Waals surface area contributed by atoms with Gasteiger partial charge in [-0.05, 0) is 79.9 Å². The lowest BCUT2D eigenvalue weighted by atomic mass is 9.73. The molecule has 2 aromatic carbocycles. The first kappa shape index (κ1) is 26.9. The lowest BCUT2D eigenvalue weighted by molar-refractivity contribution is 0.0532. The van der Waals surface area contributed by atoms with E-state index in [1.807, 2.05) is 0 Å². The lowest BCUT2D eigenvalue weighted by Gasteiger charge is -2.48. The minimum atomic E-state index is 0.210. The number of aliphatic hydroxyl groups excluding tert-OH is 1. The molecule has 3 aliphatic rings. The zero-order valence-corrected chi connectivity index (χ0v) is 24.3. The smallest absolute Gasteiger partial charge is 0.124 e. The van der Waals surface area contributed by atoms with Crippen LogP contribution >= 0.6 is 11.3 Å². The molecule has 0 unspecified atom stereocenters. The lowest BCUT2D eigenvalue weighted by Crippen LogP contribution is -2.58. The zero-order chi connectivity index (χ0) is 26.8. The summed E-state index contributed by atoms with van der Waals surface area (Å²) in [5, 5.41) is 13.9. The first-order chi connectivity index (χ1) is 19.0. The first-order valence-corrected chi connectivity index (χ1v) is 15.4. The van der Waals surface area contributed by atoms with E-state index in [1.54, 1.807) is 11.3 Å². The topological polar surface area (TPSA) is 60.9 Å². The van der Waals surface area contributed by atoms with E-state index in [1.165, 1.54) is 77.4 Å². The normalized spacial score (nSPS) is 19.2. The Balaban J connectivity index is 1.12. The van der Waals surface area contributed by atoms with Gasteiger partial charge in [-0.1, -0.05) is 30.3 Å². The molecule has 0 saturated carbocycles. The fourth-order valence-electron chi connectivity index (χ4n) is 6.47. The van der Waals surface area contributed by atoms with Gasteiger partial charge in [0.2, 0.25) is 0 Å². The van der Waals surface area contributed by atoms with Gasteiger partial charge in [0.25, 0.3) is 0 Å². The van der Waals surface area contributed by atoms with Crippen molar-refractivity contribution in [2.75, 3.05) is 59.0 Å².